The van der Waals surface area contributed by atoms with Gasteiger partial charge in [-0.15, -0.1) is 6.58 Å². The van der Waals surface area contributed by atoms with Gasteiger partial charge in [0.15, 0.2) is 9.84 Å². The minimum absolute atomic E-state index is 0.0191. The molecule has 7 nitrogen and oxygen atoms in total. The van der Waals surface area contributed by atoms with Gasteiger partial charge in [-0.2, -0.15) is 0 Å². The maximum Gasteiger partial charge on any atom is 0.337 e. The Balaban J connectivity index is 1.09. The molecule has 9 unspecified atom stereocenters. The van der Waals surface area contributed by atoms with Crippen LogP contribution in [0.25, 0.3) is 5.57 Å². The molecule has 55 heavy (non-hydrogen) atoms. The number of carbonyl (C=O) groups excluding carboxylic acids is 2. The molecule has 1 heterocycles. The van der Waals surface area contributed by atoms with E-state index in [1.807, 2.05) is 12.1 Å². The molecule has 9 atom stereocenters. The van der Waals surface area contributed by atoms with Crippen molar-refractivity contribution in [3.05, 3.63) is 53.6 Å². The van der Waals surface area contributed by atoms with Crippen molar-refractivity contribution in [2.24, 2.45) is 56.7 Å². The predicted molar refractivity (Wildman–Crippen MR) is 222 cm³/mol. The number of nitrogens with one attached hydrogen (secondary N) is 1. The lowest BCUT2D eigenvalue weighted by atomic mass is 9.32. The molecule has 1 amide bonds. The Hall–Kier alpha value is -2.45. The third-order valence-corrected chi connectivity index (χ3v) is 19.1. The van der Waals surface area contributed by atoms with Crippen molar-refractivity contribution >= 4 is 27.3 Å². The molecule has 0 spiro atoms. The van der Waals surface area contributed by atoms with Crippen molar-refractivity contribution in [3.8, 4) is 0 Å². The van der Waals surface area contributed by atoms with Gasteiger partial charge in [-0.25, -0.2) is 13.2 Å². The highest BCUT2D eigenvalue weighted by Crippen LogP contribution is 2.77. The number of benzene rings is 1. The first-order valence-corrected chi connectivity index (χ1v) is 23.4. The minimum atomic E-state index is -2.89. The van der Waals surface area contributed by atoms with E-state index in [-0.39, 0.29) is 50.5 Å². The number of nitrogens with zero attached hydrogens (tertiary/aromatic N) is 1. The highest BCUT2D eigenvalue weighted by Gasteiger charge is 2.70. The second kappa shape index (κ2) is 14.7. The highest BCUT2D eigenvalue weighted by atomic mass is 32.2. The topological polar surface area (TPSA) is 92.8 Å². The summed E-state index contributed by atoms with van der Waals surface area (Å²) in [5.41, 5.74) is 5.44. The van der Waals surface area contributed by atoms with E-state index in [0.717, 1.165) is 32.4 Å². The summed E-state index contributed by atoms with van der Waals surface area (Å²) >= 11 is 0. The zero-order chi connectivity index (χ0) is 39.6. The van der Waals surface area contributed by atoms with E-state index in [0.29, 0.717) is 54.7 Å². The van der Waals surface area contributed by atoms with E-state index in [1.54, 1.807) is 0 Å². The number of allylic oxidation sites excluding steroid dienone is 3. The van der Waals surface area contributed by atoms with Crippen LogP contribution in [0.2, 0.25) is 0 Å². The van der Waals surface area contributed by atoms with Crippen LogP contribution >= 0.6 is 0 Å². The summed E-state index contributed by atoms with van der Waals surface area (Å²) in [7, 11) is -1.45. The van der Waals surface area contributed by atoms with Gasteiger partial charge in [0, 0.05) is 26.1 Å². The largest absolute Gasteiger partial charge is 0.465 e. The Kier molecular flexibility index (Phi) is 10.9. The monoisotopic (exact) mass is 775 g/mol. The standard InChI is InChI=1S/C47H70N2O5S/c1-32(2)30-35-17-22-47(31-48-40(50)10-9-25-49-26-28-55(52,53)29-27-49)24-23-45(6)37(41(35)47)15-16-39-44(5)20-18-36(33-11-13-34(14-12-33)42(51)54-8)43(3,4)38(44)19-21-46(39,45)7/h11-14,18,35,37-39,41H,1,9-10,15-17,19-31H2,2-8H3,(H,48,50). The first-order valence-electron chi connectivity index (χ1n) is 21.6. The minimum Gasteiger partial charge on any atom is -0.465 e. The van der Waals surface area contributed by atoms with Crippen molar-refractivity contribution in [2.45, 2.75) is 119 Å². The van der Waals surface area contributed by atoms with Gasteiger partial charge < -0.3 is 15.0 Å². The van der Waals surface area contributed by atoms with E-state index in [9.17, 15) is 18.0 Å². The number of methoxy groups -OCH3 is 1. The summed E-state index contributed by atoms with van der Waals surface area (Å²) in [5, 5.41) is 3.49. The lowest BCUT2D eigenvalue weighted by molar-refractivity contribution is -0.226. The number of rotatable bonds is 10. The van der Waals surface area contributed by atoms with Crippen LogP contribution in [0.5, 0.6) is 0 Å². The maximum absolute atomic E-state index is 13.4. The van der Waals surface area contributed by atoms with Crippen molar-refractivity contribution in [2.75, 3.05) is 44.8 Å². The molecule has 5 fully saturated rings. The molecule has 0 radical (unpaired) electrons. The SMILES string of the molecule is C=C(C)CC1CCC2(CNC(=O)CCCN3CCS(=O)(=O)CC3)CCC3(C)C(CCC4C5(C)CC=C(c6ccc(C(=O)OC)cc6)C(C)(C)C5CCC43C)C12. The summed E-state index contributed by atoms with van der Waals surface area (Å²) in [6.07, 6.45) is 16.0. The third-order valence-electron chi connectivity index (χ3n) is 17.5. The number of carbonyl (C=O) groups is 2. The van der Waals surface area contributed by atoms with Crippen LogP contribution in [0.15, 0.2) is 42.5 Å². The number of amides is 1. The molecule has 1 saturated heterocycles. The molecule has 6 aliphatic rings. The molecule has 1 aliphatic heterocycles. The van der Waals surface area contributed by atoms with Crippen LogP contribution in [-0.2, 0) is 19.4 Å². The highest BCUT2D eigenvalue weighted by molar-refractivity contribution is 7.91. The second-order valence-electron chi connectivity index (χ2n) is 20.5. The number of ether oxygens (including phenoxy) is 1. The average molecular weight is 775 g/mol. The van der Waals surface area contributed by atoms with Gasteiger partial charge in [-0.3, -0.25) is 4.79 Å². The lowest BCUT2D eigenvalue weighted by Gasteiger charge is -2.72. The van der Waals surface area contributed by atoms with Gasteiger partial charge in [-0.05, 0) is 164 Å². The fourth-order valence-electron chi connectivity index (χ4n) is 14.7. The van der Waals surface area contributed by atoms with Gasteiger partial charge in [0.25, 0.3) is 0 Å². The molecule has 0 aromatic heterocycles. The first kappa shape index (κ1) is 40.7. The zero-order valence-electron chi connectivity index (χ0n) is 35.1. The second-order valence-corrected chi connectivity index (χ2v) is 22.8. The summed E-state index contributed by atoms with van der Waals surface area (Å²) in [4.78, 5) is 27.8. The Morgan fingerprint density at radius 3 is 2.29 bits per heavy atom. The summed E-state index contributed by atoms with van der Waals surface area (Å²) < 4.78 is 28.7. The maximum atomic E-state index is 13.4. The fourth-order valence-corrected chi connectivity index (χ4v) is 15.9. The normalized spacial score (nSPS) is 39.0. The summed E-state index contributed by atoms with van der Waals surface area (Å²) in [6, 6.07) is 8.07. The van der Waals surface area contributed by atoms with E-state index >= 15 is 0 Å². The Bertz CT molecular complexity index is 1790. The van der Waals surface area contributed by atoms with Gasteiger partial charge in [-0.1, -0.05) is 58.4 Å². The Labute approximate surface area is 332 Å². The van der Waals surface area contributed by atoms with Crippen molar-refractivity contribution in [1.29, 1.82) is 0 Å². The number of hydrogen-bond donors (Lipinski definition) is 1. The molecule has 0 bridgehead atoms. The number of fused-ring (bicyclic) bond motifs is 7. The van der Waals surface area contributed by atoms with Crippen molar-refractivity contribution in [3.63, 3.8) is 0 Å². The predicted octanol–water partition coefficient (Wildman–Crippen LogP) is 9.14. The Morgan fingerprint density at radius 1 is 0.909 bits per heavy atom. The number of esters is 1. The van der Waals surface area contributed by atoms with Crippen LogP contribution in [0.1, 0.15) is 135 Å². The van der Waals surface area contributed by atoms with E-state index in [2.05, 4.69) is 76.5 Å². The van der Waals surface area contributed by atoms with Crippen LogP contribution in [0.3, 0.4) is 0 Å². The molecule has 4 saturated carbocycles. The van der Waals surface area contributed by atoms with Crippen LogP contribution in [0.4, 0.5) is 0 Å². The average Bonchev–Trinajstić information content (AvgIpc) is 3.49. The lowest BCUT2D eigenvalue weighted by Crippen LogP contribution is -2.66. The molecule has 7 rings (SSSR count). The number of hydrogen-bond acceptors (Lipinski definition) is 6. The Morgan fingerprint density at radius 2 is 1.62 bits per heavy atom. The van der Waals surface area contributed by atoms with Gasteiger partial charge in [0.1, 0.15) is 0 Å². The van der Waals surface area contributed by atoms with Gasteiger partial charge in [0.05, 0.1) is 24.2 Å². The summed E-state index contributed by atoms with van der Waals surface area (Å²) in [5.74, 6) is 3.47. The molecule has 5 aliphatic carbocycles. The molecule has 1 aromatic rings. The van der Waals surface area contributed by atoms with E-state index < -0.39 is 9.84 Å². The van der Waals surface area contributed by atoms with Crippen molar-refractivity contribution in [1.82, 2.24) is 10.2 Å². The van der Waals surface area contributed by atoms with E-state index in [1.165, 1.54) is 75.2 Å². The van der Waals surface area contributed by atoms with Crippen LogP contribution < -0.4 is 5.32 Å². The molecular weight excluding hydrogens is 705 g/mol. The third kappa shape index (κ3) is 6.99. The van der Waals surface area contributed by atoms with E-state index in [4.69, 9.17) is 4.74 Å². The van der Waals surface area contributed by atoms with Crippen molar-refractivity contribution < 1.29 is 22.7 Å². The fraction of sp³-hybridized carbons (Fsp3) is 0.745. The van der Waals surface area contributed by atoms with Gasteiger partial charge in [0.2, 0.25) is 5.91 Å². The number of sulfone groups is 1. The van der Waals surface area contributed by atoms with Crippen LogP contribution in [0, 0.1) is 56.7 Å². The zero-order valence-corrected chi connectivity index (χ0v) is 35.9. The molecular formula is C47H70N2O5S. The quantitative estimate of drug-likeness (QED) is 0.188. The summed E-state index contributed by atoms with van der Waals surface area (Å²) in [6.45, 7) is 22.4. The molecule has 1 aromatic carbocycles. The first-order chi connectivity index (χ1) is 25.9. The molecule has 304 valence electrons. The van der Waals surface area contributed by atoms with Gasteiger partial charge >= 0.3 is 5.97 Å². The van der Waals surface area contributed by atoms with Crippen LogP contribution in [-0.4, -0.2) is 70.0 Å². The molecule has 1 N–H and O–H groups in total. The smallest absolute Gasteiger partial charge is 0.337 e. The molecule has 8 heteroatoms.